The first-order chi connectivity index (χ1) is 14.8. The summed E-state index contributed by atoms with van der Waals surface area (Å²) in [5.74, 6) is -1.22. The van der Waals surface area contributed by atoms with Gasteiger partial charge in [0.15, 0.2) is 0 Å². The van der Waals surface area contributed by atoms with Crippen molar-refractivity contribution in [3.63, 3.8) is 0 Å². The van der Waals surface area contributed by atoms with Crippen molar-refractivity contribution in [1.82, 2.24) is 9.97 Å². The van der Waals surface area contributed by atoms with Crippen LogP contribution in [0.4, 0.5) is 9.39 Å². The Morgan fingerprint density at radius 3 is 2.65 bits per heavy atom. The molecule has 156 valence electrons. The van der Waals surface area contributed by atoms with E-state index in [1.54, 1.807) is 6.92 Å². The SMILES string of the molecule is Cc1cccc(Oc2nc(C)c(NC(=O)c3cc(C(N)=O)nc4cc(F)ccc34)s2)c1. The average Bonchev–Trinajstić information content (AvgIpc) is 3.05. The van der Waals surface area contributed by atoms with Gasteiger partial charge in [0, 0.05) is 11.5 Å². The highest BCUT2D eigenvalue weighted by atomic mass is 32.1. The van der Waals surface area contributed by atoms with Gasteiger partial charge in [0.05, 0.1) is 16.8 Å². The number of thiazole rings is 1. The maximum absolute atomic E-state index is 13.6. The van der Waals surface area contributed by atoms with E-state index in [1.165, 1.54) is 29.5 Å². The predicted molar refractivity (Wildman–Crippen MR) is 116 cm³/mol. The molecule has 4 rings (SSSR count). The monoisotopic (exact) mass is 436 g/mol. The highest BCUT2D eigenvalue weighted by molar-refractivity contribution is 7.17. The number of ether oxygens (including phenoxy) is 1. The smallest absolute Gasteiger partial charge is 0.280 e. The summed E-state index contributed by atoms with van der Waals surface area (Å²) in [7, 11) is 0. The van der Waals surface area contributed by atoms with Crippen LogP contribution >= 0.6 is 11.3 Å². The van der Waals surface area contributed by atoms with Crippen LogP contribution in [0.25, 0.3) is 10.9 Å². The maximum atomic E-state index is 13.6. The number of amides is 2. The van der Waals surface area contributed by atoms with Crippen LogP contribution in [0.15, 0.2) is 48.5 Å². The fraction of sp³-hybridized carbons (Fsp3) is 0.0909. The van der Waals surface area contributed by atoms with Gasteiger partial charge in [-0.15, -0.1) is 0 Å². The lowest BCUT2D eigenvalue weighted by molar-refractivity contribution is 0.0996. The van der Waals surface area contributed by atoms with Crippen molar-refractivity contribution in [3.05, 3.63) is 76.9 Å². The fourth-order valence-corrected chi connectivity index (χ4v) is 3.83. The van der Waals surface area contributed by atoms with Crippen LogP contribution in [0.1, 0.15) is 32.1 Å². The normalized spacial score (nSPS) is 10.8. The number of benzene rings is 2. The number of anilines is 1. The number of primary amides is 1. The van der Waals surface area contributed by atoms with Crippen LogP contribution in [0.2, 0.25) is 0 Å². The van der Waals surface area contributed by atoms with Crippen molar-refractivity contribution in [2.75, 3.05) is 5.32 Å². The van der Waals surface area contributed by atoms with E-state index in [2.05, 4.69) is 15.3 Å². The minimum absolute atomic E-state index is 0.132. The lowest BCUT2D eigenvalue weighted by Gasteiger charge is -2.09. The van der Waals surface area contributed by atoms with Crippen molar-refractivity contribution >= 4 is 39.1 Å². The summed E-state index contributed by atoms with van der Waals surface area (Å²) in [4.78, 5) is 33.0. The standard InChI is InChI=1S/C22H17FN4O3S/c1-11-4-3-5-14(8-11)30-22-25-12(2)21(31-22)27-20(29)16-10-18(19(24)28)26-17-9-13(23)6-7-15(16)17/h3-10H,1-2H3,(H2,24,28)(H,27,29). The summed E-state index contributed by atoms with van der Waals surface area (Å²) in [6.07, 6.45) is 0. The molecule has 2 heterocycles. The third kappa shape index (κ3) is 4.36. The van der Waals surface area contributed by atoms with Crippen molar-refractivity contribution in [2.45, 2.75) is 13.8 Å². The molecule has 31 heavy (non-hydrogen) atoms. The van der Waals surface area contributed by atoms with Gasteiger partial charge in [0.2, 0.25) is 0 Å². The van der Waals surface area contributed by atoms with Gasteiger partial charge in [-0.3, -0.25) is 9.59 Å². The minimum Gasteiger partial charge on any atom is -0.431 e. The number of rotatable bonds is 5. The molecule has 0 spiro atoms. The lowest BCUT2D eigenvalue weighted by Crippen LogP contribution is -2.17. The summed E-state index contributed by atoms with van der Waals surface area (Å²) in [5.41, 5.74) is 7.11. The number of pyridine rings is 1. The van der Waals surface area contributed by atoms with Gasteiger partial charge in [-0.25, -0.2) is 14.4 Å². The number of aryl methyl sites for hydroxylation is 2. The molecule has 0 bridgehead atoms. The number of carbonyl (C=O) groups excluding carboxylic acids is 2. The molecule has 7 nitrogen and oxygen atoms in total. The first kappa shape index (κ1) is 20.4. The Labute approximate surface area is 180 Å². The molecule has 0 saturated carbocycles. The second-order valence-corrected chi connectivity index (χ2v) is 7.81. The molecular formula is C22H17FN4O3S. The van der Waals surface area contributed by atoms with Gasteiger partial charge in [-0.05, 0) is 49.7 Å². The van der Waals surface area contributed by atoms with E-state index >= 15 is 0 Å². The highest BCUT2D eigenvalue weighted by Gasteiger charge is 2.19. The topological polar surface area (TPSA) is 107 Å². The van der Waals surface area contributed by atoms with Crippen LogP contribution in [0.3, 0.4) is 0 Å². The van der Waals surface area contributed by atoms with Crippen LogP contribution in [-0.4, -0.2) is 21.8 Å². The minimum atomic E-state index is -0.817. The third-order valence-electron chi connectivity index (χ3n) is 4.47. The predicted octanol–water partition coefficient (Wildman–Crippen LogP) is 4.59. The molecule has 0 radical (unpaired) electrons. The number of aromatic nitrogens is 2. The number of carbonyl (C=O) groups is 2. The van der Waals surface area contributed by atoms with Crippen LogP contribution in [0.5, 0.6) is 10.9 Å². The van der Waals surface area contributed by atoms with E-state index in [0.29, 0.717) is 27.0 Å². The van der Waals surface area contributed by atoms with Gasteiger partial charge in [-0.1, -0.05) is 23.5 Å². The number of fused-ring (bicyclic) bond motifs is 1. The van der Waals surface area contributed by atoms with Crippen molar-refractivity contribution in [1.29, 1.82) is 0 Å². The Balaban J connectivity index is 1.65. The number of nitrogens with two attached hydrogens (primary N) is 1. The molecule has 2 amide bonds. The molecule has 0 saturated heterocycles. The maximum Gasteiger partial charge on any atom is 0.280 e. The zero-order valence-corrected chi connectivity index (χ0v) is 17.4. The van der Waals surface area contributed by atoms with Crippen LogP contribution in [0, 0.1) is 19.7 Å². The molecule has 4 aromatic rings. The number of halogens is 1. The third-order valence-corrected chi connectivity index (χ3v) is 5.42. The lowest BCUT2D eigenvalue weighted by atomic mass is 10.1. The quantitative estimate of drug-likeness (QED) is 0.476. The van der Waals surface area contributed by atoms with E-state index in [1.807, 2.05) is 31.2 Å². The van der Waals surface area contributed by atoms with Gasteiger partial charge in [-0.2, -0.15) is 0 Å². The largest absolute Gasteiger partial charge is 0.431 e. The Hall–Kier alpha value is -3.85. The molecule has 2 aromatic carbocycles. The number of nitrogens with one attached hydrogen (secondary N) is 1. The van der Waals surface area contributed by atoms with E-state index in [4.69, 9.17) is 10.5 Å². The molecule has 0 atom stereocenters. The molecule has 2 aromatic heterocycles. The first-order valence-electron chi connectivity index (χ1n) is 9.23. The Morgan fingerprint density at radius 2 is 1.90 bits per heavy atom. The zero-order valence-electron chi connectivity index (χ0n) is 16.6. The average molecular weight is 436 g/mol. The Bertz CT molecular complexity index is 1340. The molecular weight excluding hydrogens is 419 g/mol. The van der Waals surface area contributed by atoms with Crippen molar-refractivity contribution in [2.24, 2.45) is 5.73 Å². The molecule has 0 aliphatic carbocycles. The molecule has 0 fully saturated rings. The zero-order chi connectivity index (χ0) is 22.1. The van der Waals surface area contributed by atoms with E-state index in [-0.39, 0.29) is 16.8 Å². The molecule has 0 unspecified atom stereocenters. The molecule has 3 N–H and O–H groups in total. The van der Waals surface area contributed by atoms with Gasteiger partial charge in [0.25, 0.3) is 17.0 Å². The molecule has 0 aliphatic rings. The summed E-state index contributed by atoms with van der Waals surface area (Å²) in [6, 6.07) is 12.6. The van der Waals surface area contributed by atoms with E-state index in [9.17, 15) is 14.0 Å². The second-order valence-electron chi connectivity index (χ2n) is 6.85. The Kier molecular flexibility index (Phi) is 5.35. The number of hydrogen-bond acceptors (Lipinski definition) is 6. The van der Waals surface area contributed by atoms with Gasteiger partial charge in [0.1, 0.15) is 22.3 Å². The van der Waals surface area contributed by atoms with Crippen molar-refractivity contribution < 1.29 is 18.7 Å². The van der Waals surface area contributed by atoms with Crippen LogP contribution < -0.4 is 15.8 Å². The number of nitrogens with zero attached hydrogens (tertiary/aromatic N) is 2. The fourth-order valence-electron chi connectivity index (χ4n) is 3.00. The van der Waals surface area contributed by atoms with Gasteiger partial charge < -0.3 is 15.8 Å². The number of hydrogen-bond donors (Lipinski definition) is 2. The second kappa shape index (κ2) is 8.11. The summed E-state index contributed by atoms with van der Waals surface area (Å²) in [5, 5.41) is 4.03. The van der Waals surface area contributed by atoms with Gasteiger partial charge >= 0.3 is 0 Å². The summed E-state index contributed by atoms with van der Waals surface area (Å²) in [6.45, 7) is 3.70. The molecule has 9 heteroatoms. The van der Waals surface area contributed by atoms with E-state index in [0.717, 1.165) is 11.6 Å². The first-order valence-corrected chi connectivity index (χ1v) is 10.1. The van der Waals surface area contributed by atoms with Crippen LogP contribution in [-0.2, 0) is 0 Å². The summed E-state index contributed by atoms with van der Waals surface area (Å²) < 4.78 is 19.4. The van der Waals surface area contributed by atoms with Crippen molar-refractivity contribution in [3.8, 4) is 10.9 Å². The van der Waals surface area contributed by atoms with E-state index < -0.39 is 17.6 Å². The Morgan fingerprint density at radius 1 is 1.10 bits per heavy atom. The highest BCUT2D eigenvalue weighted by Crippen LogP contribution is 2.34. The molecule has 0 aliphatic heterocycles. The summed E-state index contributed by atoms with van der Waals surface area (Å²) >= 11 is 1.17.